The lowest BCUT2D eigenvalue weighted by Crippen LogP contribution is -2.29. The molecule has 3 rings (SSSR count). The van der Waals surface area contributed by atoms with Crippen LogP contribution in [-0.2, 0) is 5.41 Å². The number of aromatic nitrogens is 2. The predicted octanol–water partition coefficient (Wildman–Crippen LogP) is 3.95. The molecule has 0 radical (unpaired) electrons. The topological polar surface area (TPSA) is 111 Å². The summed E-state index contributed by atoms with van der Waals surface area (Å²) >= 11 is 3.34. The van der Waals surface area contributed by atoms with Gasteiger partial charge in [-0.3, -0.25) is 14.9 Å². The quantitative estimate of drug-likeness (QED) is 0.373. The first kappa shape index (κ1) is 19.7. The lowest BCUT2D eigenvalue weighted by atomic mass is 9.95. The van der Waals surface area contributed by atoms with Gasteiger partial charge in [0.1, 0.15) is 5.82 Å². The van der Waals surface area contributed by atoms with Gasteiger partial charge < -0.3 is 5.11 Å². The summed E-state index contributed by atoms with van der Waals surface area (Å²) in [5, 5.41) is 25.7. The molecule has 0 bridgehead atoms. The van der Waals surface area contributed by atoms with Gasteiger partial charge in [-0.25, -0.2) is 4.98 Å². The van der Waals surface area contributed by atoms with Crippen LogP contribution in [-0.4, -0.2) is 25.9 Å². The van der Waals surface area contributed by atoms with E-state index in [4.69, 9.17) is 0 Å². The number of nitrogens with zero attached hydrogens (tertiary/aromatic N) is 4. The molecule has 0 spiro atoms. The number of nitro groups is 1. The van der Waals surface area contributed by atoms with Crippen molar-refractivity contribution >= 4 is 38.7 Å². The zero-order chi connectivity index (χ0) is 20.6. The van der Waals surface area contributed by atoms with Crippen LogP contribution in [0.1, 0.15) is 32.2 Å². The number of hydrogen-bond donors (Lipinski definition) is 1. The van der Waals surface area contributed by atoms with Crippen molar-refractivity contribution in [3.05, 3.63) is 72.7 Å². The highest BCUT2D eigenvalue weighted by molar-refractivity contribution is 9.10. The second kappa shape index (κ2) is 7.16. The lowest BCUT2D eigenvalue weighted by Gasteiger charge is -2.20. The Morgan fingerprint density at radius 3 is 2.64 bits per heavy atom. The molecule has 8 nitrogen and oxygen atoms in total. The first-order valence-corrected chi connectivity index (χ1v) is 9.12. The Balaban J connectivity index is 2.24. The maximum Gasteiger partial charge on any atom is 0.311 e. The number of para-hydroxylation sites is 1. The van der Waals surface area contributed by atoms with Gasteiger partial charge in [0.25, 0.3) is 5.56 Å². The van der Waals surface area contributed by atoms with Crippen LogP contribution in [0.3, 0.4) is 0 Å². The van der Waals surface area contributed by atoms with Gasteiger partial charge in [-0.05, 0) is 24.3 Å². The van der Waals surface area contributed by atoms with Gasteiger partial charge in [0.05, 0.1) is 22.0 Å². The molecule has 1 heterocycles. The second-order valence-electron chi connectivity index (χ2n) is 7.18. The highest BCUT2D eigenvalue weighted by atomic mass is 79.9. The van der Waals surface area contributed by atoms with Gasteiger partial charge in [0.15, 0.2) is 0 Å². The number of benzene rings is 2. The van der Waals surface area contributed by atoms with Gasteiger partial charge in [0.2, 0.25) is 5.75 Å². The van der Waals surface area contributed by atoms with Crippen LogP contribution in [0.2, 0.25) is 0 Å². The van der Waals surface area contributed by atoms with E-state index in [2.05, 4.69) is 26.0 Å². The monoisotopic (exact) mass is 444 g/mol. The van der Waals surface area contributed by atoms with E-state index in [9.17, 15) is 20.0 Å². The average molecular weight is 445 g/mol. The molecule has 28 heavy (non-hydrogen) atoms. The normalized spacial score (nSPS) is 12.0. The second-order valence-corrected chi connectivity index (χ2v) is 8.10. The Morgan fingerprint density at radius 2 is 2.00 bits per heavy atom. The van der Waals surface area contributed by atoms with Crippen molar-refractivity contribution in [2.45, 2.75) is 26.2 Å². The van der Waals surface area contributed by atoms with E-state index in [1.807, 2.05) is 20.8 Å². The van der Waals surface area contributed by atoms with Gasteiger partial charge in [-0.2, -0.15) is 9.78 Å². The first-order valence-electron chi connectivity index (χ1n) is 8.33. The minimum atomic E-state index is -0.686. The fourth-order valence-electron chi connectivity index (χ4n) is 2.66. The Bertz CT molecular complexity index is 1180. The third-order valence-corrected chi connectivity index (χ3v) is 4.53. The molecule has 0 saturated carbocycles. The van der Waals surface area contributed by atoms with E-state index in [1.165, 1.54) is 24.4 Å². The number of halogens is 1. The number of rotatable bonds is 3. The van der Waals surface area contributed by atoms with E-state index in [0.29, 0.717) is 16.7 Å². The molecule has 0 aliphatic rings. The Morgan fingerprint density at radius 1 is 1.29 bits per heavy atom. The van der Waals surface area contributed by atoms with Gasteiger partial charge >= 0.3 is 5.69 Å². The summed E-state index contributed by atoms with van der Waals surface area (Å²) in [6.07, 6.45) is 1.21. The van der Waals surface area contributed by atoms with Crippen molar-refractivity contribution < 1.29 is 10.0 Å². The van der Waals surface area contributed by atoms with E-state index < -0.39 is 21.8 Å². The Hall–Kier alpha value is -3.07. The summed E-state index contributed by atoms with van der Waals surface area (Å²) in [4.78, 5) is 27.9. The molecule has 1 aromatic heterocycles. The SMILES string of the molecule is CC(C)(C)c1nc2ccc(Br)cc2c(=O)n1N=Cc1cccc([N+](=O)[O-])c1O. The average Bonchev–Trinajstić information content (AvgIpc) is 2.61. The maximum absolute atomic E-state index is 13.0. The van der Waals surface area contributed by atoms with Crippen LogP contribution in [0.15, 0.2) is 50.8 Å². The van der Waals surface area contributed by atoms with E-state index in [-0.39, 0.29) is 11.1 Å². The van der Waals surface area contributed by atoms with Crippen LogP contribution in [0, 0.1) is 10.1 Å². The molecule has 144 valence electrons. The van der Waals surface area contributed by atoms with Crippen molar-refractivity contribution in [3.63, 3.8) is 0 Å². The van der Waals surface area contributed by atoms with E-state index >= 15 is 0 Å². The largest absolute Gasteiger partial charge is 0.502 e. The number of nitro benzene ring substituents is 1. The third-order valence-electron chi connectivity index (χ3n) is 4.03. The van der Waals surface area contributed by atoms with Crippen LogP contribution in [0.25, 0.3) is 10.9 Å². The molecular formula is C19H17BrN4O4. The van der Waals surface area contributed by atoms with Gasteiger partial charge in [0, 0.05) is 21.5 Å². The third kappa shape index (κ3) is 3.65. The van der Waals surface area contributed by atoms with Crippen LogP contribution in [0.5, 0.6) is 5.75 Å². The molecule has 3 aromatic rings. The number of phenols is 1. The van der Waals surface area contributed by atoms with Crippen molar-refractivity contribution in [3.8, 4) is 5.75 Å². The molecule has 1 N–H and O–H groups in total. The molecule has 0 aliphatic carbocycles. The molecule has 0 saturated heterocycles. The number of fused-ring (bicyclic) bond motifs is 1. The van der Waals surface area contributed by atoms with Crippen molar-refractivity contribution in [2.75, 3.05) is 0 Å². The first-order chi connectivity index (χ1) is 13.1. The molecule has 0 fully saturated rings. The van der Waals surface area contributed by atoms with Crippen LogP contribution < -0.4 is 5.56 Å². The van der Waals surface area contributed by atoms with Crippen molar-refractivity contribution in [1.29, 1.82) is 0 Å². The van der Waals surface area contributed by atoms with E-state index in [1.54, 1.807) is 18.2 Å². The fourth-order valence-corrected chi connectivity index (χ4v) is 3.02. The van der Waals surface area contributed by atoms with Crippen LogP contribution >= 0.6 is 15.9 Å². The molecule has 0 amide bonds. The Labute approximate surface area is 168 Å². The number of aromatic hydroxyl groups is 1. The zero-order valence-electron chi connectivity index (χ0n) is 15.4. The molecule has 9 heteroatoms. The predicted molar refractivity (Wildman–Crippen MR) is 110 cm³/mol. The van der Waals surface area contributed by atoms with Crippen molar-refractivity contribution in [1.82, 2.24) is 9.66 Å². The minimum absolute atomic E-state index is 0.121. The highest BCUT2D eigenvalue weighted by Gasteiger charge is 2.23. The summed E-state index contributed by atoms with van der Waals surface area (Å²) < 4.78 is 1.89. The standard InChI is InChI=1S/C19H17BrN4O4/c1-19(2,3)18-22-14-8-7-12(20)9-13(14)17(26)23(18)21-10-11-5-4-6-15(16(11)25)24(27)28/h4-10,25H,1-3H3. The van der Waals surface area contributed by atoms with Gasteiger partial charge in [-0.1, -0.05) is 42.8 Å². The van der Waals surface area contributed by atoms with E-state index in [0.717, 1.165) is 9.15 Å². The fraction of sp³-hybridized carbons (Fsp3) is 0.211. The molecule has 0 atom stereocenters. The maximum atomic E-state index is 13.0. The summed E-state index contributed by atoms with van der Waals surface area (Å²) in [5.74, 6) is -0.0911. The molecule has 0 aliphatic heterocycles. The summed E-state index contributed by atoms with van der Waals surface area (Å²) in [7, 11) is 0. The summed E-state index contributed by atoms with van der Waals surface area (Å²) in [6, 6.07) is 9.30. The molecular weight excluding hydrogens is 428 g/mol. The summed E-state index contributed by atoms with van der Waals surface area (Å²) in [5.41, 5.74) is -0.647. The van der Waals surface area contributed by atoms with Gasteiger partial charge in [-0.15, -0.1) is 0 Å². The molecule has 0 unspecified atom stereocenters. The minimum Gasteiger partial charge on any atom is -0.502 e. The lowest BCUT2D eigenvalue weighted by molar-refractivity contribution is -0.385. The molecule has 2 aromatic carbocycles. The van der Waals surface area contributed by atoms with Crippen molar-refractivity contribution in [2.24, 2.45) is 5.10 Å². The van der Waals surface area contributed by atoms with Crippen LogP contribution in [0.4, 0.5) is 5.69 Å². The smallest absolute Gasteiger partial charge is 0.311 e. The Kier molecular flexibility index (Phi) is 5.03. The highest BCUT2D eigenvalue weighted by Crippen LogP contribution is 2.28. The number of hydrogen-bond acceptors (Lipinski definition) is 6. The zero-order valence-corrected chi connectivity index (χ0v) is 17.0. The number of phenolic OH excluding ortho intramolecular Hbond substituents is 1. The summed E-state index contributed by atoms with van der Waals surface area (Å²) in [6.45, 7) is 5.70.